The van der Waals surface area contributed by atoms with E-state index in [1.54, 1.807) is 18.3 Å². The van der Waals surface area contributed by atoms with Crippen molar-refractivity contribution in [3.05, 3.63) is 54.1 Å². The van der Waals surface area contributed by atoms with Crippen LogP contribution in [0.15, 0.2) is 53.6 Å². The van der Waals surface area contributed by atoms with Gasteiger partial charge in [0, 0.05) is 0 Å². The molecule has 0 aliphatic heterocycles. The average Bonchev–Trinajstić information content (AvgIpc) is 2.91. The van der Waals surface area contributed by atoms with Crippen LogP contribution < -0.4 is 10.2 Å². The van der Waals surface area contributed by atoms with E-state index in [9.17, 15) is 8.78 Å². The zero-order chi connectivity index (χ0) is 15.4. The van der Waals surface area contributed by atoms with E-state index in [4.69, 9.17) is 0 Å². The Labute approximate surface area is 124 Å². The van der Waals surface area contributed by atoms with Gasteiger partial charge in [0.15, 0.2) is 0 Å². The summed E-state index contributed by atoms with van der Waals surface area (Å²) in [5.74, 6) is 0.632. The highest BCUT2D eigenvalue weighted by Crippen LogP contribution is 2.15. The van der Waals surface area contributed by atoms with Crippen LogP contribution in [0.4, 0.5) is 14.7 Å². The smallest absolute Gasteiger partial charge is 0.387 e. The fourth-order valence-corrected chi connectivity index (χ4v) is 1.91. The minimum atomic E-state index is -2.82. The number of nitrogens with one attached hydrogen (secondary N) is 2. The van der Waals surface area contributed by atoms with Crippen molar-refractivity contribution >= 4 is 23.2 Å². The molecule has 7 heteroatoms. The average molecular weight is 302 g/mol. The van der Waals surface area contributed by atoms with Gasteiger partial charge in [-0.3, -0.25) is 0 Å². The number of ether oxygens (including phenoxy) is 1. The van der Waals surface area contributed by atoms with Gasteiger partial charge in [0.2, 0.25) is 5.95 Å². The SMILES string of the molecule is FC(F)Oc1ccc(/C=N\Nc2nc3ccccc3[nH]2)cc1. The molecule has 0 bridgehead atoms. The van der Waals surface area contributed by atoms with Crippen LogP contribution in [0.25, 0.3) is 11.0 Å². The van der Waals surface area contributed by atoms with Gasteiger partial charge >= 0.3 is 6.61 Å². The first-order chi connectivity index (χ1) is 10.7. The topological polar surface area (TPSA) is 62.3 Å². The molecule has 3 aromatic rings. The molecule has 0 spiro atoms. The van der Waals surface area contributed by atoms with Gasteiger partial charge in [-0.05, 0) is 42.0 Å². The number of hydrogen-bond donors (Lipinski definition) is 2. The highest BCUT2D eigenvalue weighted by atomic mass is 19.3. The normalized spacial score (nSPS) is 11.4. The van der Waals surface area contributed by atoms with Crippen LogP contribution in [0.2, 0.25) is 0 Å². The number of hydrazone groups is 1. The molecule has 1 heterocycles. The van der Waals surface area contributed by atoms with Crippen LogP contribution in [0, 0.1) is 0 Å². The van der Waals surface area contributed by atoms with Crippen molar-refractivity contribution in [1.29, 1.82) is 0 Å². The third-order valence-corrected chi connectivity index (χ3v) is 2.88. The number of aromatic amines is 1. The third kappa shape index (κ3) is 3.38. The monoisotopic (exact) mass is 302 g/mol. The van der Waals surface area contributed by atoms with Gasteiger partial charge in [0.25, 0.3) is 0 Å². The van der Waals surface area contributed by atoms with Crippen LogP contribution in [0.1, 0.15) is 5.56 Å². The fourth-order valence-electron chi connectivity index (χ4n) is 1.91. The molecule has 0 saturated heterocycles. The first kappa shape index (κ1) is 14.0. The van der Waals surface area contributed by atoms with E-state index in [0.717, 1.165) is 16.6 Å². The van der Waals surface area contributed by atoms with Crippen LogP contribution in [-0.4, -0.2) is 22.8 Å². The fraction of sp³-hybridized carbons (Fsp3) is 0.0667. The second kappa shape index (κ2) is 6.21. The Bertz CT molecular complexity index is 751. The largest absolute Gasteiger partial charge is 0.435 e. The lowest BCUT2D eigenvalue weighted by molar-refractivity contribution is -0.0498. The number of H-pyrrole nitrogens is 1. The van der Waals surface area contributed by atoms with E-state index >= 15 is 0 Å². The number of anilines is 1. The van der Waals surface area contributed by atoms with Gasteiger partial charge in [-0.2, -0.15) is 13.9 Å². The highest BCUT2D eigenvalue weighted by molar-refractivity contribution is 5.81. The predicted octanol–water partition coefficient (Wildman–Crippen LogP) is 3.61. The molecular weight excluding hydrogens is 290 g/mol. The Morgan fingerprint density at radius 2 is 1.91 bits per heavy atom. The Hall–Kier alpha value is -2.96. The molecule has 0 fully saturated rings. The van der Waals surface area contributed by atoms with Gasteiger partial charge < -0.3 is 9.72 Å². The summed E-state index contributed by atoms with van der Waals surface area (Å²) in [5.41, 5.74) is 5.27. The molecule has 5 nitrogen and oxygen atoms in total. The maximum atomic E-state index is 12.0. The summed E-state index contributed by atoms with van der Waals surface area (Å²) in [5, 5.41) is 4.04. The number of imidazole rings is 1. The van der Waals surface area contributed by atoms with Crippen LogP contribution in [0.5, 0.6) is 5.75 Å². The number of aromatic nitrogens is 2. The molecule has 112 valence electrons. The summed E-state index contributed by atoms with van der Waals surface area (Å²) in [7, 11) is 0. The van der Waals surface area contributed by atoms with Crippen LogP contribution in [-0.2, 0) is 0 Å². The lowest BCUT2D eigenvalue weighted by atomic mass is 10.2. The lowest BCUT2D eigenvalue weighted by Crippen LogP contribution is -2.01. The molecule has 0 amide bonds. The van der Waals surface area contributed by atoms with Gasteiger partial charge in [-0.25, -0.2) is 10.4 Å². The number of nitrogens with zero attached hydrogens (tertiary/aromatic N) is 2. The maximum absolute atomic E-state index is 12.0. The number of fused-ring (bicyclic) bond motifs is 1. The van der Waals surface area contributed by atoms with Gasteiger partial charge in [-0.15, -0.1) is 0 Å². The molecule has 0 radical (unpaired) electrons. The Kier molecular flexibility index (Phi) is 3.95. The molecule has 0 unspecified atom stereocenters. The first-order valence-corrected chi connectivity index (χ1v) is 6.49. The Morgan fingerprint density at radius 1 is 1.14 bits per heavy atom. The number of para-hydroxylation sites is 2. The van der Waals surface area contributed by atoms with Crippen molar-refractivity contribution in [2.24, 2.45) is 5.10 Å². The molecule has 22 heavy (non-hydrogen) atoms. The first-order valence-electron chi connectivity index (χ1n) is 6.49. The van der Waals surface area contributed by atoms with E-state index < -0.39 is 6.61 Å². The van der Waals surface area contributed by atoms with Crippen molar-refractivity contribution in [3.63, 3.8) is 0 Å². The Morgan fingerprint density at radius 3 is 2.64 bits per heavy atom. The molecule has 0 aliphatic rings. The minimum absolute atomic E-state index is 0.109. The lowest BCUT2D eigenvalue weighted by Gasteiger charge is -2.03. The molecule has 3 rings (SSSR count). The summed E-state index contributed by atoms with van der Waals surface area (Å²) < 4.78 is 28.3. The van der Waals surface area contributed by atoms with Crippen molar-refractivity contribution in [2.45, 2.75) is 6.61 Å². The van der Waals surface area contributed by atoms with Crippen molar-refractivity contribution < 1.29 is 13.5 Å². The van der Waals surface area contributed by atoms with Gasteiger partial charge in [0.05, 0.1) is 17.2 Å². The van der Waals surface area contributed by atoms with Crippen molar-refractivity contribution in [1.82, 2.24) is 9.97 Å². The number of alkyl halides is 2. The molecule has 1 aromatic heterocycles. The second-order valence-corrected chi connectivity index (χ2v) is 4.42. The van der Waals surface area contributed by atoms with Gasteiger partial charge in [0.1, 0.15) is 5.75 Å². The number of halogens is 2. The molecule has 2 N–H and O–H groups in total. The summed E-state index contributed by atoms with van der Waals surface area (Å²) in [6.07, 6.45) is 1.55. The quantitative estimate of drug-likeness (QED) is 0.559. The Balaban J connectivity index is 1.64. The molecule has 0 saturated carbocycles. The number of rotatable bonds is 5. The van der Waals surface area contributed by atoms with E-state index in [2.05, 4.69) is 25.2 Å². The number of hydrogen-bond acceptors (Lipinski definition) is 4. The van der Waals surface area contributed by atoms with E-state index in [1.165, 1.54) is 12.1 Å². The summed E-state index contributed by atoms with van der Waals surface area (Å²) in [6, 6.07) is 13.8. The second-order valence-electron chi connectivity index (χ2n) is 4.42. The summed E-state index contributed by atoms with van der Waals surface area (Å²) in [6.45, 7) is -2.82. The summed E-state index contributed by atoms with van der Waals surface area (Å²) >= 11 is 0. The number of benzene rings is 2. The zero-order valence-corrected chi connectivity index (χ0v) is 11.3. The maximum Gasteiger partial charge on any atom is 0.387 e. The van der Waals surface area contributed by atoms with E-state index in [1.807, 2.05) is 24.3 Å². The summed E-state index contributed by atoms with van der Waals surface area (Å²) in [4.78, 5) is 7.38. The standard InChI is InChI=1S/C15H12F2N4O/c16-14(17)22-11-7-5-10(6-8-11)9-18-21-15-19-12-3-1-2-4-13(12)20-15/h1-9,14H,(H2,19,20,21)/b18-9-. The third-order valence-electron chi connectivity index (χ3n) is 2.88. The molecule has 2 aromatic carbocycles. The zero-order valence-electron chi connectivity index (χ0n) is 11.3. The van der Waals surface area contributed by atoms with Crippen LogP contribution >= 0.6 is 0 Å². The van der Waals surface area contributed by atoms with Crippen molar-refractivity contribution in [2.75, 3.05) is 5.43 Å². The highest BCUT2D eigenvalue weighted by Gasteiger charge is 2.03. The minimum Gasteiger partial charge on any atom is -0.435 e. The molecule has 0 aliphatic carbocycles. The van der Waals surface area contributed by atoms with E-state index in [-0.39, 0.29) is 5.75 Å². The van der Waals surface area contributed by atoms with Gasteiger partial charge in [-0.1, -0.05) is 12.1 Å². The van der Waals surface area contributed by atoms with Crippen molar-refractivity contribution in [3.8, 4) is 5.75 Å². The van der Waals surface area contributed by atoms with E-state index in [0.29, 0.717) is 5.95 Å². The molecule has 0 atom stereocenters. The predicted molar refractivity (Wildman–Crippen MR) is 80.4 cm³/mol. The molecular formula is C15H12F2N4O. The van der Waals surface area contributed by atoms with Crippen LogP contribution in [0.3, 0.4) is 0 Å².